The third kappa shape index (κ3) is 3.20. The summed E-state index contributed by atoms with van der Waals surface area (Å²) in [5.74, 6) is 0. The Hall–Kier alpha value is -1.98. The molecule has 0 radical (unpaired) electrons. The van der Waals surface area contributed by atoms with Crippen molar-refractivity contribution in [1.82, 2.24) is 0 Å². The molecule has 0 bridgehead atoms. The fourth-order valence-corrected chi connectivity index (χ4v) is 2.06. The van der Waals surface area contributed by atoms with Gasteiger partial charge in [-0.25, -0.2) is 0 Å². The van der Waals surface area contributed by atoms with E-state index in [9.17, 15) is 26.3 Å². The summed E-state index contributed by atoms with van der Waals surface area (Å²) in [6.45, 7) is 1.70. The minimum absolute atomic E-state index is 0.110. The molecule has 6 heteroatoms. The van der Waals surface area contributed by atoms with E-state index in [0.29, 0.717) is 12.1 Å². The van der Waals surface area contributed by atoms with Crippen molar-refractivity contribution in [3.05, 3.63) is 59.2 Å². The van der Waals surface area contributed by atoms with Gasteiger partial charge in [-0.2, -0.15) is 26.3 Å². The lowest BCUT2D eigenvalue weighted by Crippen LogP contribution is -2.14. The Bertz CT molecular complexity index is 602. The molecule has 0 N–H and O–H groups in total. The van der Waals surface area contributed by atoms with Crippen molar-refractivity contribution in [3.8, 4) is 11.1 Å². The van der Waals surface area contributed by atoms with E-state index in [0.717, 1.165) is 11.6 Å². The van der Waals surface area contributed by atoms with Gasteiger partial charge in [0.25, 0.3) is 0 Å². The summed E-state index contributed by atoms with van der Waals surface area (Å²) in [7, 11) is 0. The van der Waals surface area contributed by atoms with E-state index in [1.54, 1.807) is 6.92 Å². The van der Waals surface area contributed by atoms with Crippen LogP contribution in [-0.4, -0.2) is 0 Å². The van der Waals surface area contributed by atoms with Crippen LogP contribution >= 0.6 is 0 Å². The first-order valence-corrected chi connectivity index (χ1v) is 5.95. The third-order valence-electron chi connectivity index (χ3n) is 3.02. The number of hydrogen-bond donors (Lipinski definition) is 0. The van der Waals surface area contributed by atoms with Gasteiger partial charge in [0.15, 0.2) is 0 Å². The molecule has 0 fully saturated rings. The average molecular weight is 304 g/mol. The zero-order valence-electron chi connectivity index (χ0n) is 10.8. The Morgan fingerprint density at radius 2 is 1.10 bits per heavy atom. The summed E-state index contributed by atoms with van der Waals surface area (Å²) < 4.78 is 78.1. The van der Waals surface area contributed by atoms with Gasteiger partial charge < -0.3 is 0 Å². The van der Waals surface area contributed by atoms with Crippen LogP contribution in [0.2, 0.25) is 0 Å². The summed E-state index contributed by atoms with van der Waals surface area (Å²) in [5.41, 5.74) is -2.78. The van der Waals surface area contributed by atoms with Crippen LogP contribution in [0.1, 0.15) is 16.7 Å². The molecule has 0 aliphatic rings. The maximum absolute atomic E-state index is 13.0. The van der Waals surface area contributed by atoms with Gasteiger partial charge in [-0.1, -0.05) is 35.9 Å². The SMILES string of the molecule is Cc1ccc(-c2c(C(F)(F)F)cccc2C(F)(F)F)cc1. The van der Waals surface area contributed by atoms with Gasteiger partial charge in [-0.05, 0) is 24.6 Å². The highest BCUT2D eigenvalue weighted by atomic mass is 19.4. The maximum atomic E-state index is 13.0. The van der Waals surface area contributed by atoms with Crippen molar-refractivity contribution in [2.24, 2.45) is 0 Å². The molecular weight excluding hydrogens is 294 g/mol. The molecule has 0 unspecified atom stereocenters. The van der Waals surface area contributed by atoms with E-state index in [1.165, 1.54) is 24.3 Å². The fourth-order valence-electron chi connectivity index (χ4n) is 2.06. The van der Waals surface area contributed by atoms with Gasteiger partial charge in [0, 0.05) is 5.56 Å². The molecular formula is C15H10F6. The highest BCUT2D eigenvalue weighted by Crippen LogP contribution is 2.44. The molecule has 112 valence electrons. The Labute approximate surface area is 117 Å². The summed E-state index contributed by atoms with van der Waals surface area (Å²) >= 11 is 0. The summed E-state index contributed by atoms with van der Waals surface area (Å²) in [4.78, 5) is 0. The molecule has 0 aliphatic heterocycles. The summed E-state index contributed by atoms with van der Waals surface area (Å²) in [6, 6.07) is 7.55. The standard InChI is InChI=1S/C15H10F6/c1-9-5-7-10(8-6-9)13-11(14(16,17)18)3-2-4-12(13)15(19,20)21/h2-8H,1H3. The van der Waals surface area contributed by atoms with E-state index in [2.05, 4.69) is 0 Å². The largest absolute Gasteiger partial charge is 0.417 e. The minimum atomic E-state index is -4.86. The lowest BCUT2D eigenvalue weighted by molar-refractivity contribution is -0.142. The van der Waals surface area contributed by atoms with Crippen molar-refractivity contribution >= 4 is 0 Å². The van der Waals surface area contributed by atoms with E-state index < -0.39 is 29.0 Å². The van der Waals surface area contributed by atoms with Crippen LogP contribution < -0.4 is 0 Å². The second kappa shape index (κ2) is 5.09. The first-order valence-electron chi connectivity index (χ1n) is 5.95. The molecule has 0 aliphatic carbocycles. The Balaban J connectivity index is 2.79. The molecule has 0 saturated heterocycles. The van der Waals surface area contributed by atoms with E-state index in [1.807, 2.05) is 0 Å². The second-order valence-electron chi connectivity index (χ2n) is 4.59. The van der Waals surface area contributed by atoms with Crippen molar-refractivity contribution in [2.45, 2.75) is 19.3 Å². The maximum Gasteiger partial charge on any atom is 0.417 e. The highest BCUT2D eigenvalue weighted by molar-refractivity contribution is 5.72. The number of aryl methyl sites for hydroxylation is 1. The molecule has 0 heterocycles. The normalized spacial score (nSPS) is 12.5. The lowest BCUT2D eigenvalue weighted by atomic mass is 9.93. The van der Waals surface area contributed by atoms with Gasteiger partial charge in [0.05, 0.1) is 11.1 Å². The predicted octanol–water partition coefficient (Wildman–Crippen LogP) is 5.70. The molecule has 2 aromatic carbocycles. The topological polar surface area (TPSA) is 0 Å². The molecule has 21 heavy (non-hydrogen) atoms. The van der Waals surface area contributed by atoms with Crippen molar-refractivity contribution < 1.29 is 26.3 Å². The highest BCUT2D eigenvalue weighted by Gasteiger charge is 2.40. The Kier molecular flexibility index (Phi) is 3.74. The van der Waals surface area contributed by atoms with Crippen LogP contribution in [0.3, 0.4) is 0 Å². The fraction of sp³-hybridized carbons (Fsp3) is 0.200. The second-order valence-corrected chi connectivity index (χ2v) is 4.59. The smallest absolute Gasteiger partial charge is 0.166 e. The lowest BCUT2D eigenvalue weighted by Gasteiger charge is -2.19. The third-order valence-corrected chi connectivity index (χ3v) is 3.02. The zero-order chi connectivity index (χ0) is 15.8. The van der Waals surface area contributed by atoms with Crippen molar-refractivity contribution in [2.75, 3.05) is 0 Å². The van der Waals surface area contributed by atoms with Crippen molar-refractivity contribution in [3.63, 3.8) is 0 Å². The average Bonchev–Trinajstić information content (AvgIpc) is 2.37. The van der Waals surface area contributed by atoms with Gasteiger partial charge in [-0.15, -0.1) is 0 Å². The van der Waals surface area contributed by atoms with E-state index in [4.69, 9.17) is 0 Å². The Morgan fingerprint density at radius 3 is 1.48 bits per heavy atom. The van der Waals surface area contributed by atoms with Gasteiger partial charge >= 0.3 is 12.4 Å². The van der Waals surface area contributed by atoms with Crippen LogP contribution in [0.5, 0.6) is 0 Å². The van der Waals surface area contributed by atoms with Crippen LogP contribution in [0.15, 0.2) is 42.5 Å². The zero-order valence-corrected chi connectivity index (χ0v) is 10.8. The van der Waals surface area contributed by atoms with E-state index >= 15 is 0 Å². The molecule has 0 aromatic heterocycles. The Morgan fingerprint density at radius 1 is 0.667 bits per heavy atom. The first kappa shape index (κ1) is 15.4. The molecule has 0 nitrogen and oxygen atoms in total. The summed E-state index contributed by atoms with van der Waals surface area (Å²) in [6.07, 6.45) is -9.72. The molecule has 0 spiro atoms. The summed E-state index contributed by atoms with van der Waals surface area (Å²) in [5, 5.41) is 0. The number of halogens is 6. The van der Waals surface area contributed by atoms with Gasteiger partial charge in [0.2, 0.25) is 0 Å². The monoisotopic (exact) mass is 304 g/mol. The van der Waals surface area contributed by atoms with Crippen LogP contribution in [0.25, 0.3) is 11.1 Å². The minimum Gasteiger partial charge on any atom is -0.166 e. The van der Waals surface area contributed by atoms with Crippen LogP contribution in [-0.2, 0) is 12.4 Å². The molecule has 2 aromatic rings. The number of hydrogen-bond acceptors (Lipinski definition) is 0. The van der Waals surface area contributed by atoms with Gasteiger partial charge in [-0.3, -0.25) is 0 Å². The molecule has 0 atom stereocenters. The van der Waals surface area contributed by atoms with Crippen LogP contribution in [0, 0.1) is 6.92 Å². The molecule has 0 amide bonds. The van der Waals surface area contributed by atoms with Gasteiger partial charge in [0.1, 0.15) is 0 Å². The molecule has 2 rings (SSSR count). The predicted molar refractivity (Wildman–Crippen MR) is 66.6 cm³/mol. The first-order chi connectivity index (χ1) is 9.60. The molecule has 0 saturated carbocycles. The van der Waals surface area contributed by atoms with Crippen molar-refractivity contribution in [1.29, 1.82) is 0 Å². The van der Waals surface area contributed by atoms with Crippen LogP contribution in [0.4, 0.5) is 26.3 Å². The van der Waals surface area contributed by atoms with E-state index in [-0.39, 0.29) is 5.56 Å². The number of benzene rings is 2. The number of rotatable bonds is 1. The number of alkyl halides is 6. The quantitative estimate of drug-likeness (QED) is 0.593.